The summed E-state index contributed by atoms with van der Waals surface area (Å²) in [5.41, 5.74) is 0. The largest absolute Gasteiger partial charge is 0.360 e. The molecule has 1 saturated heterocycles. The van der Waals surface area contributed by atoms with Gasteiger partial charge in [0.05, 0.1) is 11.8 Å². The number of rotatable bonds is 3. The fraction of sp³-hybridized carbons (Fsp3) is 0.615. The van der Waals surface area contributed by atoms with Crippen molar-refractivity contribution >= 4 is 17.6 Å². The van der Waals surface area contributed by atoms with Gasteiger partial charge >= 0.3 is 0 Å². The van der Waals surface area contributed by atoms with Crippen LogP contribution in [0.4, 0.5) is 5.82 Å². The lowest BCUT2D eigenvalue weighted by atomic mass is 10.2. The summed E-state index contributed by atoms with van der Waals surface area (Å²) < 4.78 is 4.88. The van der Waals surface area contributed by atoms with Gasteiger partial charge < -0.3 is 14.7 Å². The molecule has 0 bridgehead atoms. The van der Waals surface area contributed by atoms with Gasteiger partial charge in [0, 0.05) is 19.2 Å². The summed E-state index contributed by atoms with van der Waals surface area (Å²) in [6, 6.07) is 1.66. The molecule has 2 amide bonds. The molecule has 1 aliphatic carbocycles. The lowest BCUT2D eigenvalue weighted by molar-refractivity contribution is -0.133. The van der Waals surface area contributed by atoms with E-state index < -0.39 is 0 Å². The van der Waals surface area contributed by atoms with Gasteiger partial charge in [-0.1, -0.05) is 5.16 Å². The van der Waals surface area contributed by atoms with E-state index in [2.05, 4.69) is 10.5 Å². The van der Waals surface area contributed by atoms with Crippen molar-refractivity contribution < 1.29 is 14.1 Å². The highest BCUT2D eigenvalue weighted by Gasteiger charge is 2.49. The van der Waals surface area contributed by atoms with E-state index in [1.165, 1.54) is 0 Å². The number of hydrogen-bond donors (Lipinski definition) is 1. The van der Waals surface area contributed by atoms with Crippen LogP contribution in [0.2, 0.25) is 0 Å². The fourth-order valence-electron chi connectivity index (χ4n) is 2.57. The van der Waals surface area contributed by atoms with Crippen molar-refractivity contribution in [2.24, 2.45) is 11.8 Å². The molecule has 3 rings (SSSR count). The molecule has 1 N–H and O–H groups in total. The van der Waals surface area contributed by atoms with Crippen LogP contribution in [0.3, 0.4) is 0 Å². The minimum absolute atomic E-state index is 0.133. The molecule has 6 nitrogen and oxygen atoms in total. The van der Waals surface area contributed by atoms with Gasteiger partial charge in [-0.05, 0) is 26.2 Å². The third kappa shape index (κ3) is 2.47. The summed E-state index contributed by atoms with van der Waals surface area (Å²) in [5.74, 6) is 0.730. The van der Waals surface area contributed by atoms with Crippen molar-refractivity contribution in [1.29, 1.82) is 0 Å². The van der Waals surface area contributed by atoms with Crippen LogP contribution in [0.1, 0.15) is 25.0 Å². The van der Waals surface area contributed by atoms with E-state index in [0.29, 0.717) is 18.0 Å². The molecule has 102 valence electrons. The van der Waals surface area contributed by atoms with Gasteiger partial charge in [-0.2, -0.15) is 0 Å². The topological polar surface area (TPSA) is 75.4 Å². The van der Waals surface area contributed by atoms with Crippen molar-refractivity contribution in [3.05, 3.63) is 11.8 Å². The average Bonchev–Trinajstić information content (AvgIpc) is 2.80. The molecule has 2 aliphatic rings. The van der Waals surface area contributed by atoms with Crippen LogP contribution in [0.25, 0.3) is 0 Å². The number of aromatic nitrogens is 1. The van der Waals surface area contributed by atoms with Crippen molar-refractivity contribution in [2.45, 2.75) is 26.2 Å². The minimum atomic E-state index is -0.204. The number of nitrogens with one attached hydrogen (secondary N) is 1. The van der Waals surface area contributed by atoms with Crippen LogP contribution in [0.5, 0.6) is 0 Å². The zero-order valence-corrected chi connectivity index (χ0v) is 10.9. The first-order valence-corrected chi connectivity index (χ1v) is 6.68. The molecule has 0 aromatic carbocycles. The number of carbonyl (C=O) groups is 2. The van der Waals surface area contributed by atoms with Gasteiger partial charge in [0.2, 0.25) is 11.8 Å². The van der Waals surface area contributed by atoms with E-state index in [4.69, 9.17) is 4.52 Å². The molecule has 1 aromatic heterocycles. The monoisotopic (exact) mass is 263 g/mol. The second kappa shape index (κ2) is 4.68. The molecule has 0 radical (unpaired) electrons. The minimum Gasteiger partial charge on any atom is -0.360 e. The number of anilines is 1. The second-order valence-electron chi connectivity index (χ2n) is 5.29. The fourth-order valence-corrected chi connectivity index (χ4v) is 2.57. The Bertz CT molecular complexity index is 505. The first-order valence-electron chi connectivity index (χ1n) is 6.68. The Hall–Kier alpha value is -1.85. The predicted molar refractivity (Wildman–Crippen MR) is 67.3 cm³/mol. The van der Waals surface area contributed by atoms with Gasteiger partial charge in [-0.25, -0.2) is 0 Å². The number of amides is 2. The average molecular weight is 263 g/mol. The molecule has 2 fully saturated rings. The molecule has 1 aromatic rings. The van der Waals surface area contributed by atoms with Crippen LogP contribution < -0.4 is 5.32 Å². The zero-order chi connectivity index (χ0) is 13.4. The highest BCUT2D eigenvalue weighted by molar-refractivity contribution is 5.99. The first-order chi connectivity index (χ1) is 9.15. The van der Waals surface area contributed by atoms with Gasteiger partial charge in [-0.3, -0.25) is 9.59 Å². The van der Waals surface area contributed by atoms with Gasteiger partial charge in [0.15, 0.2) is 5.82 Å². The van der Waals surface area contributed by atoms with Crippen molar-refractivity contribution in [1.82, 2.24) is 10.1 Å². The van der Waals surface area contributed by atoms with Crippen molar-refractivity contribution in [3.63, 3.8) is 0 Å². The zero-order valence-electron chi connectivity index (χ0n) is 10.9. The Morgan fingerprint density at radius 2 is 2.11 bits per heavy atom. The predicted octanol–water partition coefficient (Wildman–Crippen LogP) is 1.18. The Labute approximate surface area is 111 Å². The van der Waals surface area contributed by atoms with Crippen LogP contribution in [0, 0.1) is 18.8 Å². The van der Waals surface area contributed by atoms with Crippen molar-refractivity contribution in [2.75, 3.05) is 18.4 Å². The maximum atomic E-state index is 12.1. The van der Waals surface area contributed by atoms with E-state index >= 15 is 0 Å². The number of likely N-dealkylation sites (tertiary alicyclic amines) is 1. The lowest BCUT2D eigenvalue weighted by Crippen LogP contribution is -2.30. The molecule has 1 saturated carbocycles. The quantitative estimate of drug-likeness (QED) is 0.888. The second-order valence-corrected chi connectivity index (χ2v) is 5.29. The molecule has 2 atom stereocenters. The van der Waals surface area contributed by atoms with Crippen molar-refractivity contribution in [3.8, 4) is 0 Å². The standard InChI is InChI=1S/C13H17N3O3/c1-8-6-11(15-19-8)14-12(17)9-7-10(9)13(18)16-4-2-3-5-16/h6,9-10H,2-5,7H2,1H3,(H,14,15,17). The van der Waals surface area contributed by atoms with Gasteiger partial charge in [-0.15, -0.1) is 0 Å². The maximum absolute atomic E-state index is 12.1. The smallest absolute Gasteiger partial charge is 0.229 e. The van der Waals surface area contributed by atoms with E-state index in [-0.39, 0.29) is 23.7 Å². The summed E-state index contributed by atoms with van der Waals surface area (Å²) in [7, 11) is 0. The molecule has 1 aliphatic heterocycles. The summed E-state index contributed by atoms with van der Waals surface area (Å²) in [6.07, 6.45) is 2.80. The number of nitrogens with zero attached hydrogens (tertiary/aromatic N) is 2. The van der Waals surface area contributed by atoms with Gasteiger partial charge in [0.25, 0.3) is 0 Å². The molecular weight excluding hydrogens is 246 g/mol. The normalized spacial score (nSPS) is 25.4. The lowest BCUT2D eigenvalue weighted by Gasteiger charge is -2.14. The number of aryl methyl sites for hydroxylation is 1. The molecular formula is C13H17N3O3. The van der Waals surface area contributed by atoms with Crippen LogP contribution in [0.15, 0.2) is 10.6 Å². The maximum Gasteiger partial charge on any atom is 0.229 e. The number of carbonyl (C=O) groups excluding carboxylic acids is 2. The van der Waals surface area contributed by atoms with E-state index in [1.807, 2.05) is 4.90 Å². The third-order valence-electron chi connectivity index (χ3n) is 3.74. The van der Waals surface area contributed by atoms with Crippen LogP contribution in [-0.4, -0.2) is 35.0 Å². The summed E-state index contributed by atoms with van der Waals surface area (Å²) in [5, 5.41) is 6.40. The Balaban J connectivity index is 1.54. The van der Waals surface area contributed by atoms with E-state index in [0.717, 1.165) is 25.9 Å². The molecule has 0 spiro atoms. The Morgan fingerprint density at radius 1 is 1.37 bits per heavy atom. The van der Waals surface area contributed by atoms with E-state index in [9.17, 15) is 9.59 Å². The summed E-state index contributed by atoms with van der Waals surface area (Å²) >= 11 is 0. The van der Waals surface area contributed by atoms with Gasteiger partial charge in [0.1, 0.15) is 5.76 Å². The molecule has 6 heteroatoms. The SMILES string of the molecule is Cc1cc(NC(=O)C2CC2C(=O)N2CCCC2)no1. The highest BCUT2D eigenvalue weighted by atomic mass is 16.5. The Morgan fingerprint density at radius 3 is 2.74 bits per heavy atom. The first kappa shape index (κ1) is 12.2. The summed E-state index contributed by atoms with van der Waals surface area (Å²) in [6.45, 7) is 3.44. The number of hydrogen-bond acceptors (Lipinski definition) is 4. The molecule has 2 unspecified atom stereocenters. The van der Waals surface area contributed by atoms with Crippen LogP contribution in [-0.2, 0) is 9.59 Å². The third-order valence-corrected chi connectivity index (χ3v) is 3.74. The Kier molecular flexibility index (Phi) is 3.00. The highest BCUT2D eigenvalue weighted by Crippen LogP contribution is 2.41. The van der Waals surface area contributed by atoms with E-state index in [1.54, 1.807) is 13.0 Å². The molecule has 2 heterocycles. The molecule has 19 heavy (non-hydrogen) atoms. The summed E-state index contributed by atoms with van der Waals surface area (Å²) in [4.78, 5) is 25.9. The van der Waals surface area contributed by atoms with Crippen LogP contribution >= 0.6 is 0 Å².